The average molecular weight is 365 g/mol. The Hall–Kier alpha value is -3.33. The number of carbonyl (C=O) groups excluding carboxylic acids is 2. The molecule has 0 spiro atoms. The van der Waals surface area contributed by atoms with E-state index in [-0.39, 0.29) is 6.61 Å². The number of hydrogen-bond acceptors (Lipinski definition) is 5. The van der Waals surface area contributed by atoms with Crippen molar-refractivity contribution in [3.05, 3.63) is 59.7 Å². The smallest absolute Gasteiger partial charge is 0.340 e. The van der Waals surface area contributed by atoms with E-state index in [4.69, 9.17) is 10.00 Å². The highest BCUT2D eigenvalue weighted by molar-refractivity contribution is 5.98. The maximum atomic E-state index is 12.3. The summed E-state index contributed by atoms with van der Waals surface area (Å²) in [6.07, 6.45) is 2.37. The van der Waals surface area contributed by atoms with Crippen LogP contribution >= 0.6 is 0 Å². The van der Waals surface area contributed by atoms with E-state index in [0.29, 0.717) is 23.4 Å². The Morgan fingerprint density at radius 3 is 2.56 bits per heavy atom. The molecular formula is C21H23N3O3. The Balaban J connectivity index is 1.87. The van der Waals surface area contributed by atoms with Crippen LogP contribution in [0.3, 0.4) is 0 Å². The number of para-hydroxylation sites is 1. The van der Waals surface area contributed by atoms with Crippen molar-refractivity contribution in [3.8, 4) is 6.07 Å². The van der Waals surface area contributed by atoms with Crippen molar-refractivity contribution in [1.29, 1.82) is 5.26 Å². The van der Waals surface area contributed by atoms with E-state index in [1.807, 2.05) is 12.1 Å². The fourth-order valence-electron chi connectivity index (χ4n) is 2.42. The number of ether oxygens (including phenoxy) is 1. The van der Waals surface area contributed by atoms with Crippen LogP contribution < -0.4 is 10.6 Å². The first-order valence-electron chi connectivity index (χ1n) is 8.89. The van der Waals surface area contributed by atoms with Crippen molar-refractivity contribution >= 4 is 23.3 Å². The lowest BCUT2D eigenvalue weighted by Crippen LogP contribution is -2.21. The monoisotopic (exact) mass is 365 g/mol. The lowest BCUT2D eigenvalue weighted by atomic mass is 10.1. The topological polar surface area (TPSA) is 91.2 Å². The molecule has 6 heteroatoms. The summed E-state index contributed by atoms with van der Waals surface area (Å²) in [5, 5.41) is 14.5. The van der Waals surface area contributed by atoms with Crippen LogP contribution in [-0.2, 0) is 16.0 Å². The van der Waals surface area contributed by atoms with Gasteiger partial charge in [0.1, 0.15) is 0 Å². The summed E-state index contributed by atoms with van der Waals surface area (Å²) in [7, 11) is 0. The average Bonchev–Trinajstić information content (AvgIpc) is 2.68. The molecule has 2 N–H and O–H groups in total. The highest BCUT2D eigenvalue weighted by Crippen LogP contribution is 2.16. The Morgan fingerprint density at radius 2 is 1.85 bits per heavy atom. The normalized spacial score (nSPS) is 9.93. The quantitative estimate of drug-likeness (QED) is 0.521. The second kappa shape index (κ2) is 10.6. The third-order valence-corrected chi connectivity index (χ3v) is 3.85. The zero-order chi connectivity index (χ0) is 19.5. The number of unbranched alkanes of at least 4 members (excludes halogenated alkanes) is 1. The highest BCUT2D eigenvalue weighted by atomic mass is 16.5. The molecule has 0 aliphatic heterocycles. The maximum absolute atomic E-state index is 12.3. The molecule has 2 rings (SSSR count). The Kier molecular flexibility index (Phi) is 7.86. The molecule has 0 fully saturated rings. The van der Waals surface area contributed by atoms with Gasteiger partial charge in [-0.2, -0.15) is 5.26 Å². The molecule has 0 atom stereocenters. The lowest BCUT2D eigenvalue weighted by Gasteiger charge is -2.11. The van der Waals surface area contributed by atoms with Crippen molar-refractivity contribution in [2.75, 3.05) is 23.8 Å². The Bertz CT molecular complexity index is 810. The number of nitrogens with one attached hydrogen (secondary N) is 2. The molecule has 0 saturated carbocycles. The van der Waals surface area contributed by atoms with Crippen LogP contribution in [-0.4, -0.2) is 25.0 Å². The lowest BCUT2D eigenvalue weighted by molar-refractivity contribution is -0.119. The maximum Gasteiger partial charge on any atom is 0.340 e. The molecule has 0 saturated heterocycles. The first kappa shape index (κ1) is 20.0. The molecule has 0 unspecified atom stereocenters. The van der Waals surface area contributed by atoms with Gasteiger partial charge in [0.25, 0.3) is 5.91 Å². The number of anilines is 2. The first-order valence-corrected chi connectivity index (χ1v) is 8.89. The number of rotatable bonds is 9. The fraction of sp³-hybridized carbons (Fsp3) is 0.286. The standard InChI is InChI=1S/C21H23N3O3/c1-2-3-14-23-19-7-5-4-6-18(19)21(26)27-15-20(25)24-17-10-8-16(9-11-17)12-13-22/h4-11,23H,2-3,12,14-15H2,1H3,(H,24,25). The Morgan fingerprint density at radius 1 is 1.11 bits per heavy atom. The second-order valence-corrected chi connectivity index (χ2v) is 5.98. The van der Waals surface area contributed by atoms with Crippen LogP contribution in [0.4, 0.5) is 11.4 Å². The zero-order valence-corrected chi connectivity index (χ0v) is 15.3. The molecule has 0 aromatic heterocycles. The number of nitriles is 1. The van der Waals surface area contributed by atoms with E-state index in [1.165, 1.54) is 0 Å². The third kappa shape index (κ3) is 6.48. The van der Waals surface area contributed by atoms with E-state index in [9.17, 15) is 9.59 Å². The van der Waals surface area contributed by atoms with Gasteiger partial charge in [-0.05, 0) is 36.2 Å². The second-order valence-electron chi connectivity index (χ2n) is 5.98. The van der Waals surface area contributed by atoms with Crippen LogP contribution in [0.2, 0.25) is 0 Å². The summed E-state index contributed by atoms with van der Waals surface area (Å²) in [5.41, 5.74) is 2.56. The fourth-order valence-corrected chi connectivity index (χ4v) is 2.42. The molecular weight excluding hydrogens is 342 g/mol. The number of esters is 1. The molecule has 2 aromatic carbocycles. The molecule has 0 aliphatic rings. The number of carbonyl (C=O) groups is 2. The van der Waals surface area contributed by atoms with Gasteiger partial charge < -0.3 is 15.4 Å². The van der Waals surface area contributed by atoms with Gasteiger partial charge in [-0.1, -0.05) is 37.6 Å². The minimum atomic E-state index is -0.547. The number of hydrogen-bond donors (Lipinski definition) is 2. The molecule has 2 aromatic rings. The van der Waals surface area contributed by atoms with Crippen LogP contribution in [0.1, 0.15) is 35.7 Å². The van der Waals surface area contributed by atoms with E-state index in [0.717, 1.165) is 24.9 Å². The summed E-state index contributed by atoms with van der Waals surface area (Å²) >= 11 is 0. The van der Waals surface area contributed by atoms with Gasteiger partial charge in [0.05, 0.1) is 18.1 Å². The third-order valence-electron chi connectivity index (χ3n) is 3.85. The summed E-state index contributed by atoms with van der Waals surface area (Å²) in [6.45, 7) is 2.49. The van der Waals surface area contributed by atoms with Crippen LogP contribution in [0.5, 0.6) is 0 Å². The van der Waals surface area contributed by atoms with Gasteiger partial charge in [-0.3, -0.25) is 4.79 Å². The number of nitrogens with zero attached hydrogens (tertiary/aromatic N) is 1. The minimum absolute atomic E-state index is 0.317. The summed E-state index contributed by atoms with van der Waals surface area (Å²) < 4.78 is 5.14. The molecule has 0 aliphatic carbocycles. The summed E-state index contributed by atoms with van der Waals surface area (Å²) in [5.74, 6) is -0.970. The van der Waals surface area contributed by atoms with E-state index < -0.39 is 11.9 Å². The van der Waals surface area contributed by atoms with Gasteiger partial charge in [0.15, 0.2) is 6.61 Å². The minimum Gasteiger partial charge on any atom is -0.452 e. The van der Waals surface area contributed by atoms with E-state index in [1.54, 1.807) is 36.4 Å². The largest absolute Gasteiger partial charge is 0.452 e. The van der Waals surface area contributed by atoms with Crippen molar-refractivity contribution in [2.24, 2.45) is 0 Å². The molecule has 0 heterocycles. The Labute approximate surface area is 159 Å². The van der Waals surface area contributed by atoms with Gasteiger partial charge >= 0.3 is 5.97 Å². The molecule has 6 nitrogen and oxygen atoms in total. The van der Waals surface area contributed by atoms with Gasteiger partial charge in [-0.15, -0.1) is 0 Å². The van der Waals surface area contributed by atoms with Crippen LogP contribution in [0, 0.1) is 11.3 Å². The molecule has 0 bridgehead atoms. The molecule has 1 amide bonds. The highest BCUT2D eigenvalue weighted by Gasteiger charge is 2.14. The molecule has 27 heavy (non-hydrogen) atoms. The van der Waals surface area contributed by atoms with E-state index >= 15 is 0 Å². The first-order chi connectivity index (χ1) is 13.1. The summed E-state index contributed by atoms with van der Waals surface area (Å²) in [4.78, 5) is 24.3. The van der Waals surface area contributed by atoms with Crippen molar-refractivity contribution in [1.82, 2.24) is 0 Å². The van der Waals surface area contributed by atoms with Gasteiger partial charge in [0.2, 0.25) is 0 Å². The van der Waals surface area contributed by atoms with Crippen molar-refractivity contribution < 1.29 is 14.3 Å². The van der Waals surface area contributed by atoms with Gasteiger partial charge in [0, 0.05) is 17.9 Å². The van der Waals surface area contributed by atoms with Gasteiger partial charge in [-0.25, -0.2) is 4.79 Å². The molecule has 140 valence electrons. The van der Waals surface area contributed by atoms with E-state index in [2.05, 4.69) is 23.6 Å². The number of amides is 1. The summed E-state index contributed by atoms with van der Waals surface area (Å²) in [6, 6.07) is 16.1. The van der Waals surface area contributed by atoms with Crippen molar-refractivity contribution in [2.45, 2.75) is 26.2 Å². The van der Waals surface area contributed by atoms with Crippen molar-refractivity contribution in [3.63, 3.8) is 0 Å². The van der Waals surface area contributed by atoms with Crippen LogP contribution in [0.15, 0.2) is 48.5 Å². The predicted molar refractivity (Wildman–Crippen MR) is 105 cm³/mol. The SMILES string of the molecule is CCCCNc1ccccc1C(=O)OCC(=O)Nc1ccc(CC#N)cc1. The predicted octanol–water partition coefficient (Wildman–Crippen LogP) is 3.76. The number of benzene rings is 2. The van der Waals surface area contributed by atoms with Crippen LogP contribution in [0.25, 0.3) is 0 Å². The zero-order valence-electron chi connectivity index (χ0n) is 15.3. The molecule has 0 radical (unpaired) electrons.